The van der Waals surface area contributed by atoms with Gasteiger partial charge in [0.1, 0.15) is 5.56 Å². The minimum absolute atomic E-state index is 0.367. The zero-order chi connectivity index (χ0) is 14.9. The summed E-state index contributed by atoms with van der Waals surface area (Å²) in [4.78, 5) is 21.1. The average molecular weight is 312 g/mol. The quantitative estimate of drug-likeness (QED) is 0.678. The molecule has 7 heteroatoms. The van der Waals surface area contributed by atoms with E-state index >= 15 is 0 Å². The Kier molecular flexibility index (Phi) is 3.92. The Labute approximate surface area is 123 Å². The van der Waals surface area contributed by atoms with Crippen LogP contribution >= 0.6 is 23.2 Å². The maximum atomic E-state index is 10.9. The van der Waals surface area contributed by atoms with Crippen LogP contribution in [-0.2, 0) is 0 Å². The highest BCUT2D eigenvalue weighted by Crippen LogP contribution is 2.33. The Balaban J connectivity index is 2.65. The van der Waals surface area contributed by atoms with Crippen LogP contribution in [0.1, 0.15) is 10.4 Å². The van der Waals surface area contributed by atoms with E-state index in [4.69, 9.17) is 28.3 Å². The number of carbonyl (C=O) groups is 1. The molecule has 0 saturated carbocycles. The van der Waals surface area contributed by atoms with E-state index in [9.17, 15) is 14.9 Å². The number of benzene rings is 2. The second-order valence-corrected chi connectivity index (χ2v) is 4.76. The summed E-state index contributed by atoms with van der Waals surface area (Å²) in [6, 6.07) is 8.51. The second-order valence-electron chi connectivity index (χ2n) is 3.92. The third kappa shape index (κ3) is 2.74. The first-order chi connectivity index (χ1) is 9.40. The molecule has 2 aromatic rings. The SMILES string of the molecule is O=C(O)c1ccc(-c2cc(Cl)ccc2Cl)cc1[N+](=O)[O-]. The van der Waals surface area contributed by atoms with Crippen molar-refractivity contribution in [3.63, 3.8) is 0 Å². The summed E-state index contributed by atoms with van der Waals surface area (Å²) >= 11 is 11.9. The molecule has 0 saturated heterocycles. The maximum absolute atomic E-state index is 10.9. The van der Waals surface area contributed by atoms with Crippen LogP contribution in [0.2, 0.25) is 10.0 Å². The van der Waals surface area contributed by atoms with Crippen molar-refractivity contribution in [3.05, 3.63) is 62.1 Å². The smallest absolute Gasteiger partial charge is 0.342 e. The number of nitro benzene ring substituents is 1. The predicted molar refractivity (Wildman–Crippen MR) is 75.5 cm³/mol. The Hall–Kier alpha value is -2.11. The van der Waals surface area contributed by atoms with Crippen molar-refractivity contribution in [2.24, 2.45) is 0 Å². The number of hydrogen-bond donors (Lipinski definition) is 1. The molecular weight excluding hydrogens is 305 g/mol. The van der Waals surface area contributed by atoms with Gasteiger partial charge >= 0.3 is 5.97 Å². The molecule has 102 valence electrons. The molecule has 0 aliphatic heterocycles. The summed E-state index contributed by atoms with van der Waals surface area (Å²) in [7, 11) is 0. The highest BCUT2D eigenvalue weighted by atomic mass is 35.5. The second kappa shape index (κ2) is 5.48. The summed E-state index contributed by atoms with van der Waals surface area (Å²) in [5, 5.41) is 20.7. The number of hydrogen-bond acceptors (Lipinski definition) is 3. The molecule has 0 atom stereocenters. The van der Waals surface area contributed by atoms with Gasteiger partial charge < -0.3 is 5.11 Å². The lowest BCUT2D eigenvalue weighted by molar-refractivity contribution is -0.385. The van der Waals surface area contributed by atoms with Gasteiger partial charge in [-0.15, -0.1) is 0 Å². The molecule has 0 spiro atoms. The van der Waals surface area contributed by atoms with E-state index in [2.05, 4.69) is 0 Å². The standard InChI is InChI=1S/C13H7Cl2NO4/c14-8-2-4-11(15)10(6-8)7-1-3-9(13(17)18)12(5-7)16(19)20/h1-6H,(H,17,18). The number of nitrogens with zero attached hydrogens (tertiary/aromatic N) is 1. The average Bonchev–Trinajstić information content (AvgIpc) is 2.40. The van der Waals surface area contributed by atoms with E-state index in [0.29, 0.717) is 21.2 Å². The number of carboxylic acid groups (broad SMARTS) is 1. The largest absolute Gasteiger partial charge is 0.477 e. The number of aromatic carboxylic acids is 1. The molecule has 2 aromatic carbocycles. The predicted octanol–water partition coefficient (Wildman–Crippen LogP) is 4.27. The van der Waals surface area contributed by atoms with Crippen molar-refractivity contribution >= 4 is 34.9 Å². The van der Waals surface area contributed by atoms with Gasteiger partial charge in [0.15, 0.2) is 0 Å². The number of halogens is 2. The first-order valence-electron chi connectivity index (χ1n) is 5.37. The van der Waals surface area contributed by atoms with Gasteiger partial charge in [0.25, 0.3) is 5.69 Å². The molecule has 0 radical (unpaired) electrons. The third-order valence-electron chi connectivity index (χ3n) is 2.66. The van der Waals surface area contributed by atoms with E-state index in [-0.39, 0.29) is 5.56 Å². The number of carboxylic acids is 1. The highest BCUT2D eigenvalue weighted by Gasteiger charge is 2.21. The molecule has 2 rings (SSSR count). The Bertz CT molecular complexity index is 716. The lowest BCUT2D eigenvalue weighted by Crippen LogP contribution is -2.02. The number of rotatable bonds is 3. The fourth-order valence-corrected chi connectivity index (χ4v) is 2.15. The van der Waals surface area contributed by atoms with Crippen molar-refractivity contribution in [2.75, 3.05) is 0 Å². The fourth-order valence-electron chi connectivity index (χ4n) is 1.75. The van der Waals surface area contributed by atoms with Gasteiger partial charge in [0.05, 0.1) is 4.92 Å². The third-order valence-corrected chi connectivity index (χ3v) is 3.23. The van der Waals surface area contributed by atoms with Crippen molar-refractivity contribution < 1.29 is 14.8 Å². The Morgan fingerprint density at radius 3 is 2.45 bits per heavy atom. The molecule has 0 heterocycles. The van der Waals surface area contributed by atoms with Crippen molar-refractivity contribution in [1.82, 2.24) is 0 Å². The van der Waals surface area contributed by atoms with Crippen molar-refractivity contribution in [3.8, 4) is 11.1 Å². The fraction of sp³-hybridized carbons (Fsp3) is 0. The van der Waals surface area contributed by atoms with E-state index in [1.807, 2.05) is 0 Å². The minimum Gasteiger partial charge on any atom is -0.477 e. The number of nitro groups is 1. The summed E-state index contributed by atoms with van der Waals surface area (Å²) in [6.45, 7) is 0. The van der Waals surface area contributed by atoms with Crippen LogP contribution < -0.4 is 0 Å². The molecule has 5 nitrogen and oxygen atoms in total. The molecule has 0 amide bonds. The van der Waals surface area contributed by atoms with Crippen LogP contribution in [0, 0.1) is 10.1 Å². The lowest BCUT2D eigenvalue weighted by Gasteiger charge is -2.06. The maximum Gasteiger partial charge on any atom is 0.342 e. The van der Waals surface area contributed by atoms with Crippen LogP contribution in [0.25, 0.3) is 11.1 Å². The van der Waals surface area contributed by atoms with Crippen LogP contribution in [0.15, 0.2) is 36.4 Å². The Morgan fingerprint density at radius 2 is 1.85 bits per heavy atom. The lowest BCUT2D eigenvalue weighted by atomic mass is 10.0. The van der Waals surface area contributed by atoms with E-state index in [1.165, 1.54) is 18.2 Å². The molecule has 1 N–H and O–H groups in total. The van der Waals surface area contributed by atoms with Gasteiger partial charge in [-0.2, -0.15) is 0 Å². The molecule has 0 aliphatic rings. The van der Waals surface area contributed by atoms with Crippen LogP contribution in [0.3, 0.4) is 0 Å². The van der Waals surface area contributed by atoms with Gasteiger partial charge in [0.2, 0.25) is 0 Å². The molecule has 20 heavy (non-hydrogen) atoms. The van der Waals surface area contributed by atoms with Crippen molar-refractivity contribution in [2.45, 2.75) is 0 Å². The summed E-state index contributed by atoms with van der Waals surface area (Å²) in [5.74, 6) is -1.36. The summed E-state index contributed by atoms with van der Waals surface area (Å²) in [6.07, 6.45) is 0. The molecule has 0 aromatic heterocycles. The molecule has 0 unspecified atom stereocenters. The van der Waals surface area contributed by atoms with Gasteiger partial charge in [-0.05, 0) is 29.8 Å². The zero-order valence-electron chi connectivity index (χ0n) is 9.84. The van der Waals surface area contributed by atoms with Gasteiger partial charge in [-0.3, -0.25) is 10.1 Å². The van der Waals surface area contributed by atoms with Crippen molar-refractivity contribution in [1.29, 1.82) is 0 Å². The van der Waals surface area contributed by atoms with Crippen LogP contribution in [0.5, 0.6) is 0 Å². The zero-order valence-corrected chi connectivity index (χ0v) is 11.4. The van der Waals surface area contributed by atoms with E-state index in [0.717, 1.165) is 0 Å². The summed E-state index contributed by atoms with van der Waals surface area (Å²) in [5.41, 5.74) is 0.0522. The van der Waals surface area contributed by atoms with Gasteiger partial charge in [-0.25, -0.2) is 4.79 Å². The minimum atomic E-state index is -1.36. The van der Waals surface area contributed by atoms with E-state index in [1.54, 1.807) is 18.2 Å². The van der Waals surface area contributed by atoms with E-state index < -0.39 is 16.6 Å². The molecule has 0 fully saturated rings. The molecular formula is C13H7Cl2NO4. The highest BCUT2D eigenvalue weighted by molar-refractivity contribution is 6.35. The van der Waals surface area contributed by atoms with Crippen LogP contribution in [-0.4, -0.2) is 16.0 Å². The van der Waals surface area contributed by atoms with Gasteiger partial charge in [-0.1, -0.05) is 29.3 Å². The summed E-state index contributed by atoms with van der Waals surface area (Å²) < 4.78 is 0. The monoisotopic (exact) mass is 311 g/mol. The molecule has 0 bridgehead atoms. The normalized spacial score (nSPS) is 10.3. The molecule has 0 aliphatic carbocycles. The first-order valence-corrected chi connectivity index (χ1v) is 6.13. The van der Waals surface area contributed by atoms with Crippen LogP contribution in [0.4, 0.5) is 5.69 Å². The topological polar surface area (TPSA) is 80.4 Å². The first kappa shape index (κ1) is 14.3. The van der Waals surface area contributed by atoms with Gasteiger partial charge in [0, 0.05) is 21.7 Å². The Morgan fingerprint density at radius 1 is 1.15 bits per heavy atom.